The summed E-state index contributed by atoms with van der Waals surface area (Å²) in [7, 11) is 0. The number of nitrogens with zero attached hydrogens (tertiary/aromatic N) is 3. The van der Waals surface area contributed by atoms with Crippen molar-refractivity contribution in [1.29, 1.82) is 5.26 Å². The van der Waals surface area contributed by atoms with Crippen molar-refractivity contribution in [1.82, 2.24) is 9.97 Å². The molecule has 0 spiro atoms. The number of hydrogen-bond donors (Lipinski definition) is 2. The molecule has 0 aliphatic carbocycles. The Labute approximate surface area is 159 Å². The van der Waals surface area contributed by atoms with Crippen molar-refractivity contribution < 1.29 is 4.79 Å². The van der Waals surface area contributed by atoms with Crippen molar-refractivity contribution in [3.8, 4) is 6.07 Å². The third-order valence-corrected chi connectivity index (χ3v) is 4.18. The molecular weight excluding hydrogens is 373 g/mol. The van der Waals surface area contributed by atoms with Crippen LogP contribution < -0.4 is 10.6 Å². The molecule has 0 unspecified atom stereocenters. The van der Waals surface area contributed by atoms with Crippen molar-refractivity contribution in [3.63, 3.8) is 0 Å². The van der Waals surface area contributed by atoms with E-state index in [1.54, 1.807) is 42.5 Å². The van der Waals surface area contributed by atoms with Gasteiger partial charge in [-0.1, -0.05) is 35.3 Å². The number of nitriles is 1. The molecule has 128 valence electrons. The van der Waals surface area contributed by atoms with Gasteiger partial charge in [0.05, 0.1) is 32.9 Å². The van der Waals surface area contributed by atoms with Gasteiger partial charge in [0.1, 0.15) is 0 Å². The van der Waals surface area contributed by atoms with Gasteiger partial charge in [-0.05, 0) is 30.3 Å². The number of nitrogens with one attached hydrogen (secondary N) is 2. The number of halogens is 2. The summed E-state index contributed by atoms with van der Waals surface area (Å²) in [6, 6.07) is 13.8. The normalized spacial score (nSPS) is 10.0. The zero-order valence-electron chi connectivity index (χ0n) is 13.2. The summed E-state index contributed by atoms with van der Waals surface area (Å²) in [5, 5.41) is 15.3. The largest absolute Gasteiger partial charge is 0.323 e. The quantitative estimate of drug-likeness (QED) is 0.683. The van der Waals surface area contributed by atoms with Crippen LogP contribution in [0.4, 0.5) is 17.3 Å². The standard InChI is InChI=1S/C18H11Cl2N5O/c19-14-5-2-6-15(16(14)20)25-18-22-9-12(10-23-18)17(26)24-13-4-1-3-11(7-13)8-21/h1-7,9-10H,(H,24,26)(H,22,23,25). The van der Waals surface area contributed by atoms with Gasteiger partial charge in [0, 0.05) is 18.1 Å². The molecule has 0 aliphatic heterocycles. The lowest BCUT2D eigenvalue weighted by Gasteiger charge is -2.08. The van der Waals surface area contributed by atoms with Crippen molar-refractivity contribution in [2.24, 2.45) is 0 Å². The lowest BCUT2D eigenvalue weighted by Crippen LogP contribution is -2.13. The third-order valence-electron chi connectivity index (χ3n) is 3.36. The Kier molecular flexibility index (Phi) is 5.32. The average Bonchev–Trinajstić information content (AvgIpc) is 2.66. The van der Waals surface area contributed by atoms with Gasteiger partial charge in [-0.25, -0.2) is 9.97 Å². The van der Waals surface area contributed by atoms with Gasteiger partial charge < -0.3 is 10.6 Å². The molecular formula is C18H11Cl2N5O. The average molecular weight is 384 g/mol. The minimum atomic E-state index is -0.382. The van der Waals surface area contributed by atoms with E-state index < -0.39 is 0 Å². The van der Waals surface area contributed by atoms with E-state index in [1.165, 1.54) is 12.4 Å². The van der Waals surface area contributed by atoms with Crippen LogP contribution in [0.5, 0.6) is 0 Å². The molecule has 26 heavy (non-hydrogen) atoms. The number of rotatable bonds is 4. The number of carbonyl (C=O) groups excluding carboxylic acids is 1. The maximum absolute atomic E-state index is 12.2. The molecule has 3 aromatic rings. The summed E-state index contributed by atoms with van der Waals surface area (Å²) < 4.78 is 0. The van der Waals surface area contributed by atoms with Crippen molar-refractivity contribution in [2.75, 3.05) is 10.6 Å². The van der Waals surface area contributed by atoms with Gasteiger partial charge in [-0.15, -0.1) is 0 Å². The molecule has 0 radical (unpaired) electrons. The number of anilines is 3. The highest BCUT2D eigenvalue weighted by Crippen LogP contribution is 2.30. The summed E-state index contributed by atoms with van der Waals surface area (Å²) in [5.74, 6) is -0.107. The van der Waals surface area contributed by atoms with Crippen molar-refractivity contribution in [3.05, 3.63) is 76.0 Å². The maximum atomic E-state index is 12.2. The summed E-state index contributed by atoms with van der Waals surface area (Å²) in [5.41, 5.74) is 1.80. The van der Waals surface area contributed by atoms with Gasteiger partial charge in [0.2, 0.25) is 5.95 Å². The molecule has 1 amide bonds. The van der Waals surface area contributed by atoms with Gasteiger partial charge in [0.25, 0.3) is 5.91 Å². The molecule has 2 aromatic carbocycles. The molecule has 1 heterocycles. The first-order chi connectivity index (χ1) is 12.6. The zero-order chi connectivity index (χ0) is 18.5. The Balaban J connectivity index is 1.71. The van der Waals surface area contributed by atoms with Gasteiger partial charge >= 0.3 is 0 Å². The highest BCUT2D eigenvalue weighted by Gasteiger charge is 2.10. The van der Waals surface area contributed by atoms with E-state index in [9.17, 15) is 4.79 Å². The molecule has 2 N–H and O–H groups in total. The van der Waals surface area contributed by atoms with Crippen molar-refractivity contribution in [2.45, 2.75) is 0 Å². The fourth-order valence-corrected chi connectivity index (χ4v) is 2.45. The number of aromatic nitrogens is 2. The summed E-state index contributed by atoms with van der Waals surface area (Å²) in [6.45, 7) is 0. The van der Waals surface area contributed by atoms with E-state index in [2.05, 4.69) is 20.6 Å². The first kappa shape index (κ1) is 17.7. The van der Waals surface area contributed by atoms with Gasteiger partial charge in [0.15, 0.2) is 0 Å². The van der Waals surface area contributed by atoms with Gasteiger partial charge in [-0.3, -0.25) is 4.79 Å². The van der Waals surface area contributed by atoms with E-state index in [-0.39, 0.29) is 17.4 Å². The van der Waals surface area contributed by atoms with Crippen LogP contribution >= 0.6 is 23.2 Å². The Morgan fingerprint density at radius 3 is 2.54 bits per heavy atom. The molecule has 0 aliphatic rings. The summed E-state index contributed by atoms with van der Waals surface area (Å²) in [6.07, 6.45) is 2.77. The fraction of sp³-hybridized carbons (Fsp3) is 0. The number of hydrogen-bond acceptors (Lipinski definition) is 5. The van der Waals surface area contributed by atoms with E-state index in [4.69, 9.17) is 28.5 Å². The third kappa shape index (κ3) is 4.09. The van der Waals surface area contributed by atoms with Gasteiger partial charge in [-0.2, -0.15) is 5.26 Å². The monoisotopic (exact) mass is 383 g/mol. The smallest absolute Gasteiger partial charge is 0.258 e. The first-order valence-corrected chi connectivity index (χ1v) is 8.17. The van der Waals surface area contributed by atoms with Crippen LogP contribution in [0.3, 0.4) is 0 Å². The highest BCUT2D eigenvalue weighted by atomic mass is 35.5. The van der Waals surface area contributed by atoms with E-state index in [0.717, 1.165) is 0 Å². The zero-order valence-corrected chi connectivity index (χ0v) is 14.7. The Bertz CT molecular complexity index is 999. The molecule has 3 rings (SSSR count). The molecule has 0 atom stereocenters. The molecule has 1 aromatic heterocycles. The Hall–Kier alpha value is -3.14. The number of benzene rings is 2. The topological polar surface area (TPSA) is 90.7 Å². The minimum Gasteiger partial charge on any atom is -0.323 e. The van der Waals surface area contributed by atoms with Crippen LogP contribution in [0.15, 0.2) is 54.9 Å². The highest BCUT2D eigenvalue weighted by molar-refractivity contribution is 6.43. The van der Waals surface area contributed by atoms with E-state index in [1.807, 2.05) is 6.07 Å². The van der Waals surface area contributed by atoms with Crippen LogP contribution in [-0.2, 0) is 0 Å². The first-order valence-electron chi connectivity index (χ1n) is 7.41. The molecule has 0 bridgehead atoms. The number of amides is 1. The second kappa shape index (κ2) is 7.83. The van der Waals surface area contributed by atoms with Crippen LogP contribution in [0.2, 0.25) is 10.0 Å². The molecule has 0 saturated heterocycles. The molecule has 0 saturated carbocycles. The number of carbonyl (C=O) groups is 1. The predicted octanol–water partition coefficient (Wildman–Crippen LogP) is 4.65. The van der Waals surface area contributed by atoms with Crippen LogP contribution in [-0.4, -0.2) is 15.9 Å². The van der Waals surface area contributed by atoms with Crippen molar-refractivity contribution >= 4 is 46.4 Å². The van der Waals surface area contributed by atoms with Crippen LogP contribution in [0, 0.1) is 11.3 Å². The molecule has 0 fully saturated rings. The lowest BCUT2D eigenvalue weighted by atomic mass is 10.2. The molecule has 6 nitrogen and oxygen atoms in total. The Morgan fingerprint density at radius 1 is 1.08 bits per heavy atom. The Morgan fingerprint density at radius 2 is 1.81 bits per heavy atom. The maximum Gasteiger partial charge on any atom is 0.258 e. The van der Waals surface area contributed by atoms with Crippen LogP contribution in [0.1, 0.15) is 15.9 Å². The van der Waals surface area contributed by atoms with E-state index in [0.29, 0.717) is 27.0 Å². The predicted molar refractivity (Wildman–Crippen MR) is 101 cm³/mol. The van der Waals surface area contributed by atoms with E-state index >= 15 is 0 Å². The second-order valence-corrected chi connectivity index (χ2v) is 5.95. The molecule has 8 heteroatoms. The van der Waals surface area contributed by atoms with Crippen LogP contribution in [0.25, 0.3) is 0 Å². The second-order valence-electron chi connectivity index (χ2n) is 5.17. The minimum absolute atomic E-state index is 0.273. The summed E-state index contributed by atoms with van der Waals surface area (Å²) >= 11 is 12.1. The summed E-state index contributed by atoms with van der Waals surface area (Å²) in [4.78, 5) is 20.5. The lowest BCUT2D eigenvalue weighted by molar-refractivity contribution is 0.102. The fourth-order valence-electron chi connectivity index (χ4n) is 2.10. The SMILES string of the molecule is N#Cc1cccc(NC(=O)c2cnc(Nc3cccc(Cl)c3Cl)nc2)c1.